The quantitative estimate of drug-likeness (QED) is 0.496. The van der Waals surface area contributed by atoms with Gasteiger partial charge in [-0.15, -0.1) is 0 Å². The number of hydrogen-bond donors (Lipinski definition) is 2. The molecule has 0 aliphatic heterocycles. The second kappa shape index (κ2) is 11.3. The fraction of sp³-hybridized carbons (Fsp3) is 1.00. The van der Waals surface area contributed by atoms with Crippen LogP contribution in [-0.4, -0.2) is 67.5 Å². The van der Waals surface area contributed by atoms with Gasteiger partial charge in [0.2, 0.25) is 0 Å². The molecule has 0 bridgehead atoms. The molecular weight excluding hydrogens is 210 g/mol. The zero-order valence-electron chi connectivity index (χ0n) is 10.4. The van der Waals surface area contributed by atoms with E-state index in [4.69, 9.17) is 19.7 Å². The Bertz CT molecular complexity index is 118. The first-order chi connectivity index (χ1) is 7.78. The first-order valence-electron chi connectivity index (χ1n) is 5.95. The summed E-state index contributed by atoms with van der Waals surface area (Å²) in [6, 6.07) is 0. The van der Waals surface area contributed by atoms with E-state index in [1.807, 2.05) is 18.7 Å². The molecule has 0 atom stereocenters. The molecule has 0 radical (unpaired) electrons. The third-order valence-electron chi connectivity index (χ3n) is 2.22. The van der Waals surface area contributed by atoms with Crippen molar-refractivity contribution >= 4 is 0 Å². The second-order valence-corrected chi connectivity index (χ2v) is 3.42. The number of nitrogens with zero attached hydrogens (tertiary/aromatic N) is 1. The third-order valence-corrected chi connectivity index (χ3v) is 2.22. The summed E-state index contributed by atoms with van der Waals surface area (Å²) >= 11 is 0. The minimum absolute atomic E-state index is 0.105. The standard InChI is InChI=1S/C11H25NO4/c1-3-15-11(16-4-2)5-6-12(7-9-13)8-10-14/h11,13-14H,3-10H2,1-2H3. The highest BCUT2D eigenvalue weighted by molar-refractivity contribution is 4.58. The van der Waals surface area contributed by atoms with Gasteiger partial charge in [0.1, 0.15) is 0 Å². The molecule has 98 valence electrons. The largest absolute Gasteiger partial charge is 0.395 e. The Morgan fingerprint density at radius 1 is 0.938 bits per heavy atom. The molecule has 0 aliphatic rings. The average Bonchev–Trinajstić information content (AvgIpc) is 2.27. The predicted octanol–water partition coefficient (Wildman–Crippen LogP) is 0.0622. The van der Waals surface area contributed by atoms with Crippen LogP contribution in [0.1, 0.15) is 20.3 Å². The van der Waals surface area contributed by atoms with E-state index in [9.17, 15) is 0 Å². The van der Waals surface area contributed by atoms with Gasteiger partial charge in [0, 0.05) is 39.3 Å². The van der Waals surface area contributed by atoms with Crippen molar-refractivity contribution in [3.63, 3.8) is 0 Å². The lowest BCUT2D eigenvalue weighted by Crippen LogP contribution is -2.33. The normalized spacial score (nSPS) is 11.6. The monoisotopic (exact) mass is 235 g/mol. The summed E-state index contributed by atoms with van der Waals surface area (Å²) in [7, 11) is 0. The number of hydrogen-bond acceptors (Lipinski definition) is 5. The molecule has 0 fully saturated rings. The van der Waals surface area contributed by atoms with Gasteiger partial charge in [0.25, 0.3) is 0 Å². The number of aliphatic hydroxyl groups is 2. The molecule has 0 aromatic rings. The van der Waals surface area contributed by atoms with Crippen LogP contribution in [0.25, 0.3) is 0 Å². The fourth-order valence-electron chi connectivity index (χ4n) is 1.49. The van der Waals surface area contributed by atoms with Crippen LogP contribution in [0.15, 0.2) is 0 Å². The molecule has 0 aromatic carbocycles. The Labute approximate surface area is 98.0 Å². The first-order valence-corrected chi connectivity index (χ1v) is 5.95. The van der Waals surface area contributed by atoms with E-state index in [-0.39, 0.29) is 19.5 Å². The highest BCUT2D eigenvalue weighted by Crippen LogP contribution is 2.03. The molecule has 0 saturated heterocycles. The SMILES string of the molecule is CCOC(CCN(CCO)CCO)OCC. The van der Waals surface area contributed by atoms with E-state index in [0.29, 0.717) is 26.3 Å². The van der Waals surface area contributed by atoms with Crippen molar-refractivity contribution in [2.75, 3.05) is 46.1 Å². The van der Waals surface area contributed by atoms with Crippen LogP contribution >= 0.6 is 0 Å². The van der Waals surface area contributed by atoms with Crippen LogP contribution in [0.2, 0.25) is 0 Å². The number of ether oxygens (including phenoxy) is 2. The summed E-state index contributed by atoms with van der Waals surface area (Å²) < 4.78 is 10.8. The van der Waals surface area contributed by atoms with Crippen molar-refractivity contribution in [2.45, 2.75) is 26.6 Å². The molecule has 0 saturated carbocycles. The molecule has 0 unspecified atom stereocenters. The Balaban J connectivity index is 3.83. The summed E-state index contributed by atoms with van der Waals surface area (Å²) in [5, 5.41) is 17.7. The van der Waals surface area contributed by atoms with Gasteiger partial charge < -0.3 is 19.7 Å². The van der Waals surface area contributed by atoms with Gasteiger partial charge in [-0.05, 0) is 13.8 Å². The van der Waals surface area contributed by atoms with Gasteiger partial charge in [0.15, 0.2) is 6.29 Å². The van der Waals surface area contributed by atoms with Gasteiger partial charge in [0.05, 0.1) is 13.2 Å². The lowest BCUT2D eigenvalue weighted by atomic mass is 10.3. The molecule has 0 spiro atoms. The second-order valence-electron chi connectivity index (χ2n) is 3.42. The maximum atomic E-state index is 8.85. The van der Waals surface area contributed by atoms with Crippen LogP contribution in [0, 0.1) is 0 Å². The molecule has 0 rings (SSSR count). The lowest BCUT2D eigenvalue weighted by Gasteiger charge is -2.23. The van der Waals surface area contributed by atoms with Crippen LogP contribution < -0.4 is 0 Å². The van der Waals surface area contributed by atoms with E-state index in [0.717, 1.165) is 13.0 Å². The summed E-state index contributed by atoms with van der Waals surface area (Å²) in [6.45, 7) is 7.25. The van der Waals surface area contributed by atoms with Crippen LogP contribution in [-0.2, 0) is 9.47 Å². The summed E-state index contributed by atoms with van der Waals surface area (Å²) in [4.78, 5) is 1.99. The third kappa shape index (κ3) is 8.01. The van der Waals surface area contributed by atoms with Gasteiger partial charge >= 0.3 is 0 Å². The van der Waals surface area contributed by atoms with E-state index in [1.165, 1.54) is 0 Å². The maximum absolute atomic E-state index is 8.85. The maximum Gasteiger partial charge on any atom is 0.158 e. The average molecular weight is 235 g/mol. The van der Waals surface area contributed by atoms with Crippen molar-refractivity contribution in [3.8, 4) is 0 Å². The van der Waals surface area contributed by atoms with Gasteiger partial charge in [-0.1, -0.05) is 0 Å². The molecule has 0 heterocycles. The van der Waals surface area contributed by atoms with Crippen molar-refractivity contribution in [1.82, 2.24) is 4.90 Å². The van der Waals surface area contributed by atoms with Gasteiger partial charge in [-0.2, -0.15) is 0 Å². The molecule has 0 aromatic heterocycles. The zero-order chi connectivity index (χ0) is 12.2. The molecule has 0 aliphatic carbocycles. The van der Waals surface area contributed by atoms with Gasteiger partial charge in [-0.25, -0.2) is 0 Å². The first kappa shape index (κ1) is 15.8. The van der Waals surface area contributed by atoms with Gasteiger partial charge in [-0.3, -0.25) is 4.90 Å². The van der Waals surface area contributed by atoms with Crippen LogP contribution in [0.3, 0.4) is 0 Å². The zero-order valence-corrected chi connectivity index (χ0v) is 10.4. The van der Waals surface area contributed by atoms with E-state index < -0.39 is 0 Å². The highest BCUT2D eigenvalue weighted by atomic mass is 16.7. The van der Waals surface area contributed by atoms with E-state index in [2.05, 4.69) is 0 Å². The Kier molecular flexibility index (Phi) is 11.1. The number of rotatable bonds is 11. The minimum atomic E-state index is -0.185. The van der Waals surface area contributed by atoms with Crippen molar-refractivity contribution in [3.05, 3.63) is 0 Å². The van der Waals surface area contributed by atoms with Crippen LogP contribution in [0.5, 0.6) is 0 Å². The molecule has 2 N–H and O–H groups in total. The fourth-order valence-corrected chi connectivity index (χ4v) is 1.49. The predicted molar refractivity (Wildman–Crippen MR) is 62.3 cm³/mol. The Morgan fingerprint density at radius 3 is 1.81 bits per heavy atom. The van der Waals surface area contributed by atoms with Crippen molar-refractivity contribution in [1.29, 1.82) is 0 Å². The lowest BCUT2D eigenvalue weighted by molar-refractivity contribution is -0.142. The molecule has 5 heteroatoms. The summed E-state index contributed by atoms with van der Waals surface area (Å²) in [5.74, 6) is 0. The van der Waals surface area contributed by atoms with Crippen molar-refractivity contribution < 1.29 is 19.7 Å². The Hall–Kier alpha value is -0.200. The smallest absolute Gasteiger partial charge is 0.158 e. The minimum Gasteiger partial charge on any atom is -0.395 e. The Morgan fingerprint density at radius 2 is 1.44 bits per heavy atom. The highest BCUT2D eigenvalue weighted by Gasteiger charge is 2.11. The van der Waals surface area contributed by atoms with E-state index >= 15 is 0 Å². The van der Waals surface area contributed by atoms with Crippen molar-refractivity contribution in [2.24, 2.45) is 0 Å². The summed E-state index contributed by atoms with van der Waals surface area (Å²) in [6.07, 6.45) is 0.566. The molecule has 0 amide bonds. The molecular formula is C11H25NO4. The van der Waals surface area contributed by atoms with E-state index in [1.54, 1.807) is 0 Å². The molecule has 5 nitrogen and oxygen atoms in total. The number of aliphatic hydroxyl groups excluding tert-OH is 2. The topological polar surface area (TPSA) is 62.2 Å². The van der Waals surface area contributed by atoms with Crippen LogP contribution in [0.4, 0.5) is 0 Å². The summed E-state index contributed by atoms with van der Waals surface area (Å²) in [5.41, 5.74) is 0. The molecule has 16 heavy (non-hydrogen) atoms.